The standard InChI is InChI=1S/C14H14N2O3/c15-13(17)10-6-2-4-8-7-3-1-5-9(7)12(14(18)19)16-11(8)10/h1-4,6-7,9,12,16H,5H2,(H2,15,17)(H,18,19)/t7-,9-,12+/m1/s1. The number of rotatable bonds is 2. The Hall–Kier alpha value is -2.30. The number of fused-ring (bicyclic) bond motifs is 3. The summed E-state index contributed by atoms with van der Waals surface area (Å²) in [4.78, 5) is 22.8. The molecule has 3 atom stereocenters. The molecule has 0 saturated carbocycles. The van der Waals surface area contributed by atoms with Gasteiger partial charge in [0, 0.05) is 11.8 Å². The van der Waals surface area contributed by atoms with Crippen molar-refractivity contribution in [2.24, 2.45) is 11.7 Å². The van der Waals surface area contributed by atoms with Gasteiger partial charge in [0.15, 0.2) is 0 Å². The molecule has 1 aromatic rings. The number of para-hydroxylation sites is 1. The van der Waals surface area contributed by atoms with Gasteiger partial charge in [-0.2, -0.15) is 0 Å². The van der Waals surface area contributed by atoms with Crippen LogP contribution in [0.25, 0.3) is 0 Å². The zero-order valence-electron chi connectivity index (χ0n) is 10.2. The predicted molar refractivity (Wildman–Crippen MR) is 70.0 cm³/mol. The van der Waals surface area contributed by atoms with Crippen LogP contribution in [0.4, 0.5) is 5.69 Å². The minimum Gasteiger partial charge on any atom is -0.480 e. The molecule has 0 radical (unpaired) electrons. The van der Waals surface area contributed by atoms with Gasteiger partial charge in [0.25, 0.3) is 5.91 Å². The molecular weight excluding hydrogens is 244 g/mol. The topological polar surface area (TPSA) is 92.4 Å². The second kappa shape index (κ2) is 4.12. The van der Waals surface area contributed by atoms with Crippen LogP contribution in [0.15, 0.2) is 30.4 Å². The van der Waals surface area contributed by atoms with E-state index in [4.69, 9.17) is 5.73 Å². The Labute approximate surface area is 110 Å². The van der Waals surface area contributed by atoms with Crippen molar-refractivity contribution in [2.75, 3.05) is 5.32 Å². The van der Waals surface area contributed by atoms with Crippen LogP contribution >= 0.6 is 0 Å². The second-order valence-electron chi connectivity index (χ2n) is 4.95. The summed E-state index contributed by atoms with van der Waals surface area (Å²) in [6, 6.07) is 4.63. The maximum absolute atomic E-state index is 11.5. The number of aliphatic carboxylic acids is 1. The molecule has 1 aliphatic carbocycles. The summed E-state index contributed by atoms with van der Waals surface area (Å²) in [6.45, 7) is 0. The molecule has 1 heterocycles. The normalized spacial score (nSPS) is 27.3. The molecule has 0 fully saturated rings. The smallest absolute Gasteiger partial charge is 0.326 e. The molecule has 5 nitrogen and oxygen atoms in total. The van der Waals surface area contributed by atoms with Crippen LogP contribution in [0.1, 0.15) is 28.3 Å². The van der Waals surface area contributed by atoms with E-state index in [9.17, 15) is 14.7 Å². The Morgan fingerprint density at radius 2 is 2.16 bits per heavy atom. The Kier molecular flexibility index (Phi) is 2.55. The molecule has 3 rings (SSSR count). The number of allylic oxidation sites excluding steroid dienone is 2. The fourth-order valence-electron chi connectivity index (χ4n) is 3.07. The third kappa shape index (κ3) is 1.69. The number of carboxylic acids is 1. The molecule has 1 aromatic carbocycles. The van der Waals surface area contributed by atoms with E-state index < -0.39 is 17.9 Å². The van der Waals surface area contributed by atoms with E-state index in [1.165, 1.54) is 0 Å². The molecule has 5 heteroatoms. The lowest BCUT2D eigenvalue weighted by molar-refractivity contribution is -0.139. The number of nitrogens with two attached hydrogens (primary N) is 1. The highest BCUT2D eigenvalue weighted by molar-refractivity contribution is 6.00. The number of amides is 1. The maximum atomic E-state index is 11.5. The van der Waals surface area contributed by atoms with E-state index in [2.05, 4.69) is 5.32 Å². The summed E-state index contributed by atoms with van der Waals surface area (Å²) in [6.07, 6.45) is 4.75. The van der Waals surface area contributed by atoms with E-state index in [0.717, 1.165) is 12.0 Å². The lowest BCUT2D eigenvalue weighted by Crippen LogP contribution is -2.42. The average molecular weight is 258 g/mol. The number of primary amides is 1. The summed E-state index contributed by atoms with van der Waals surface area (Å²) in [7, 11) is 0. The summed E-state index contributed by atoms with van der Waals surface area (Å²) in [5.74, 6) is -1.41. The molecule has 0 spiro atoms. The van der Waals surface area contributed by atoms with E-state index in [1.54, 1.807) is 12.1 Å². The summed E-state index contributed by atoms with van der Waals surface area (Å²) in [5, 5.41) is 12.3. The number of anilines is 1. The summed E-state index contributed by atoms with van der Waals surface area (Å²) < 4.78 is 0. The summed E-state index contributed by atoms with van der Waals surface area (Å²) >= 11 is 0. The molecule has 0 aromatic heterocycles. The summed E-state index contributed by atoms with van der Waals surface area (Å²) in [5.41, 5.74) is 7.22. The number of carboxylic acid groups (broad SMARTS) is 1. The van der Waals surface area contributed by atoms with Gasteiger partial charge in [-0.15, -0.1) is 0 Å². The largest absolute Gasteiger partial charge is 0.480 e. The van der Waals surface area contributed by atoms with E-state index in [1.807, 2.05) is 18.2 Å². The van der Waals surface area contributed by atoms with Crippen molar-refractivity contribution in [1.82, 2.24) is 0 Å². The molecule has 1 amide bonds. The highest BCUT2D eigenvalue weighted by atomic mass is 16.4. The third-order valence-electron chi connectivity index (χ3n) is 3.93. The highest BCUT2D eigenvalue weighted by Crippen LogP contribution is 2.45. The van der Waals surface area contributed by atoms with E-state index >= 15 is 0 Å². The third-order valence-corrected chi connectivity index (χ3v) is 3.93. The van der Waals surface area contributed by atoms with E-state index in [-0.39, 0.29) is 11.8 Å². The van der Waals surface area contributed by atoms with Crippen LogP contribution < -0.4 is 11.1 Å². The van der Waals surface area contributed by atoms with Crippen molar-refractivity contribution in [3.63, 3.8) is 0 Å². The lowest BCUT2D eigenvalue weighted by atomic mass is 9.78. The van der Waals surface area contributed by atoms with Crippen molar-refractivity contribution in [3.05, 3.63) is 41.5 Å². The zero-order valence-corrected chi connectivity index (χ0v) is 10.2. The monoisotopic (exact) mass is 258 g/mol. The van der Waals surface area contributed by atoms with Gasteiger partial charge in [-0.05, 0) is 18.1 Å². The number of hydrogen-bond donors (Lipinski definition) is 3. The Balaban J connectivity index is 2.15. The van der Waals surface area contributed by atoms with Gasteiger partial charge in [-0.25, -0.2) is 4.79 Å². The van der Waals surface area contributed by atoms with Crippen molar-refractivity contribution in [3.8, 4) is 0 Å². The number of carbonyl (C=O) groups is 2. The Bertz CT molecular complexity index is 594. The molecule has 0 unspecified atom stereocenters. The highest BCUT2D eigenvalue weighted by Gasteiger charge is 2.41. The van der Waals surface area contributed by atoms with E-state index in [0.29, 0.717) is 11.3 Å². The van der Waals surface area contributed by atoms with Crippen LogP contribution in [0.2, 0.25) is 0 Å². The zero-order chi connectivity index (χ0) is 13.6. The van der Waals surface area contributed by atoms with Gasteiger partial charge in [0.1, 0.15) is 6.04 Å². The first-order valence-electron chi connectivity index (χ1n) is 6.18. The van der Waals surface area contributed by atoms with Crippen LogP contribution in [0.5, 0.6) is 0 Å². The second-order valence-corrected chi connectivity index (χ2v) is 4.95. The van der Waals surface area contributed by atoms with Crippen molar-refractivity contribution in [1.29, 1.82) is 0 Å². The quantitative estimate of drug-likeness (QED) is 0.698. The molecule has 0 bridgehead atoms. The first kappa shape index (κ1) is 11.8. The first-order chi connectivity index (χ1) is 9.09. The molecule has 1 aliphatic heterocycles. The average Bonchev–Trinajstić information content (AvgIpc) is 2.85. The fraction of sp³-hybridized carbons (Fsp3) is 0.286. The van der Waals surface area contributed by atoms with Crippen LogP contribution in [-0.2, 0) is 4.79 Å². The van der Waals surface area contributed by atoms with Gasteiger partial charge in [0.05, 0.1) is 11.3 Å². The minimum atomic E-state index is -0.899. The van der Waals surface area contributed by atoms with Gasteiger partial charge >= 0.3 is 5.97 Å². The molecule has 0 saturated heterocycles. The molecule has 2 aliphatic rings. The Morgan fingerprint density at radius 3 is 2.84 bits per heavy atom. The van der Waals surface area contributed by atoms with Gasteiger partial charge in [-0.3, -0.25) is 4.79 Å². The van der Waals surface area contributed by atoms with Gasteiger partial charge in [-0.1, -0.05) is 24.3 Å². The van der Waals surface area contributed by atoms with Crippen LogP contribution in [0, 0.1) is 5.92 Å². The minimum absolute atomic E-state index is 0.00636. The van der Waals surface area contributed by atoms with Crippen LogP contribution in [0.3, 0.4) is 0 Å². The molecular formula is C14H14N2O3. The van der Waals surface area contributed by atoms with Crippen molar-refractivity contribution in [2.45, 2.75) is 18.4 Å². The predicted octanol–water partition coefficient (Wildman–Crippen LogP) is 1.32. The Morgan fingerprint density at radius 1 is 1.37 bits per heavy atom. The van der Waals surface area contributed by atoms with Crippen molar-refractivity contribution >= 4 is 17.6 Å². The number of nitrogens with one attached hydrogen (secondary N) is 1. The molecule has 4 N–H and O–H groups in total. The maximum Gasteiger partial charge on any atom is 0.326 e. The first-order valence-corrected chi connectivity index (χ1v) is 6.18. The van der Waals surface area contributed by atoms with Gasteiger partial charge in [0.2, 0.25) is 0 Å². The van der Waals surface area contributed by atoms with Gasteiger partial charge < -0.3 is 16.2 Å². The SMILES string of the molecule is NC(=O)c1cccc2c1N[C@H](C(=O)O)[C@@H]1CC=C[C@H]21. The number of hydrogen-bond acceptors (Lipinski definition) is 3. The van der Waals surface area contributed by atoms with Crippen LogP contribution in [-0.4, -0.2) is 23.0 Å². The van der Waals surface area contributed by atoms with Crippen molar-refractivity contribution < 1.29 is 14.7 Å². The number of benzene rings is 1. The lowest BCUT2D eigenvalue weighted by Gasteiger charge is -2.35. The number of carbonyl (C=O) groups excluding carboxylic acids is 1. The fourth-order valence-corrected chi connectivity index (χ4v) is 3.07. The molecule has 19 heavy (non-hydrogen) atoms. The molecule has 98 valence electrons.